The Morgan fingerprint density at radius 3 is 2.53 bits per heavy atom. The van der Waals surface area contributed by atoms with Crippen LogP contribution in [0.5, 0.6) is 0 Å². The second-order valence-electron chi connectivity index (χ2n) is 5.41. The first-order valence-electron chi connectivity index (χ1n) is 6.13. The molecule has 0 spiro atoms. The molecule has 0 amide bonds. The number of likely N-dealkylation sites (N-methyl/N-ethyl adjacent to an activating group) is 1. The molecule has 0 saturated carbocycles. The van der Waals surface area contributed by atoms with Crippen LogP contribution in [0, 0.1) is 11.8 Å². The molecular formula is C12H27N3. The Hall–Kier alpha value is -0.120. The van der Waals surface area contributed by atoms with Gasteiger partial charge in [0.05, 0.1) is 0 Å². The highest BCUT2D eigenvalue weighted by atomic mass is 15.2. The molecule has 1 aliphatic rings. The van der Waals surface area contributed by atoms with Crippen molar-refractivity contribution in [3.8, 4) is 0 Å². The molecule has 1 rings (SSSR count). The summed E-state index contributed by atoms with van der Waals surface area (Å²) in [5.41, 5.74) is 5.58. The van der Waals surface area contributed by atoms with Gasteiger partial charge in [0, 0.05) is 25.7 Å². The molecule has 3 nitrogen and oxygen atoms in total. The van der Waals surface area contributed by atoms with Crippen molar-refractivity contribution >= 4 is 0 Å². The van der Waals surface area contributed by atoms with Gasteiger partial charge in [0.25, 0.3) is 0 Å². The quantitative estimate of drug-likeness (QED) is 0.735. The molecule has 1 fully saturated rings. The van der Waals surface area contributed by atoms with E-state index >= 15 is 0 Å². The van der Waals surface area contributed by atoms with E-state index in [0.717, 1.165) is 30.8 Å². The summed E-state index contributed by atoms with van der Waals surface area (Å²) in [6, 6.07) is 0.732. The molecule has 90 valence electrons. The molecule has 3 atom stereocenters. The molecular weight excluding hydrogens is 186 g/mol. The minimum Gasteiger partial charge on any atom is -0.330 e. The van der Waals surface area contributed by atoms with E-state index in [1.165, 1.54) is 19.6 Å². The topological polar surface area (TPSA) is 32.5 Å². The van der Waals surface area contributed by atoms with Crippen LogP contribution in [-0.2, 0) is 0 Å². The number of rotatable bonds is 5. The Bertz CT molecular complexity index is 182. The van der Waals surface area contributed by atoms with Gasteiger partial charge in [-0.15, -0.1) is 0 Å². The fourth-order valence-corrected chi connectivity index (χ4v) is 2.69. The first-order chi connectivity index (χ1) is 7.04. The van der Waals surface area contributed by atoms with Crippen LogP contribution in [-0.4, -0.2) is 56.1 Å². The maximum Gasteiger partial charge on any atom is 0.0254 e. The average molecular weight is 213 g/mol. The average Bonchev–Trinajstić information content (AvgIpc) is 2.47. The Kier molecular flexibility index (Phi) is 5.03. The van der Waals surface area contributed by atoms with Gasteiger partial charge in [0.2, 0.25) is 0 Å². The first kappa shape index (κ1) is 12.9. The number of nitrogens with two attached hydrogens (primary N) is 1. The predicted molar refractivity (Wildman–Crippen MR) is 65.9 cm³/mol. The smallest absolute Gasteiger partial charge is 0.0254 e. The molecule has 1 heterocycles. The third kappa shape index (κ3) is 3.74. The SMILES string of the molecule is CC(CCN)CN1CC(C)C(N(C)C)C1. The maximum atomic E-state index is 5.58. The summed E-state index contributed by atoms with van der Waals surface area (Å²) < 4.78 is 0. The van der Waals surface area contributed by atoms with Crippen LogP contribution in [0.15, 0.2) is 0 Å². The predicted octanol–water partition coefficient (Wildman–Crippen LogP) is 0.853. The van der Waals surface area contributed by atoms with Crippen LogP contribution in [0.2, 0.25) is 0 Å². The zero-order valence-corrected chi connectivity index (χ0v) is 10.7. The van der Waals surface area contributed by atoms with Crippen LogP contribution in [0.3, 0.4) is 0 Å². The molecule has 3 unspecified atom stereocenters. The van der Waals surface area contributed by atoms with E-state index in [1.54, 1.807) is 0 Å². The van der Waals surface area contributed by atoms with Gasteiger partial charge in [-0.05, 0) is 38.9 Å². The van der Waals surface area contributed by atoms with Gasteiger partial charge in [0.15, 0.2) is 0 Å². The number of hydrogen-bond acceptors (Lipinski definition) is 3. The third-order valence-electron chi connectivity index (χ3n) is 3.54. The highest BCUT2D eigenvalue weighted by Gasteiger charge is 2.31. The van der Waals surface area contributed by atoms with Gasteiger partial charge in [-0.25, -0.2) is 0 Å². The summed E-state index contributed by atoms with van der Waals surface area (Å²) in [7, 11) is 4.38. The van der Waals surface area contributed by atoms with E-state index in [0.29, 0.717) is 0 Å². The lowest BCUT2D eigenvalue weighted by Crippen LogP contribution is -2.35. The molecule has 0 aromatic heterocycles. The summed E-state index contributed by atoms with van der Waals surface area (Å²) >= 11 is 0. The monoisotopic (exact) mass is 213 g/mol. The number of likely N-dealkylation sites (tertiary alicyclic amines) is 1. The lowest BCUT2D eigenvalue weighted by atomic mass is 10.1. The Labute approximate surface area is 94.6 Å². The van der Waals surface area contributed by atoms with Gasteiger partial charge in [0.1, 0.15) is 0 Å². The molecule has 0 aliphatic carbocycles. The van der Waals surface area contributed by atoms with Crippen molar-refractivity contribution in [1.82, 2.24) is 9.80 Å². The van der Waals surface area contributed by atoms with Crippen LogP contribution < -0.4 is 5.73 Å². The fourth-order valence-electron chi connectivity index (χ4n) is 2.69. The summed E-state index contributed by atoms with van der Waals surface area (Å²) in [5, 5.41) is 0. The van der Waals surface area contributed by atoms with E-state index in [1.807, 2.05) is 0 Å². The molecule has 2 N–H and O–H groups in total. The van der Waals surface area contributed by atoms with Crippen LogP contribution in [0.1, 0.15) is 20.3 Å². The van der Waals surface area contributed by atoms with E-state index in [-0.39, 0.29) is 0 Å². The third-order valence-corrected chi connectivity index (χ3v) is 3.54. The number of nitrogens with zero attached hydrogens (tertiary/aromatic N) is 2. The van der Waals surface area contributed by atoms with Crippen molar-refractivity contribution in [3.63, 3.8) is 0 Å². The maximum absolute atomic E-state index is 5.58. The van der Waals surface area contributed by atoms with Gasteiger partial charge >= 0.3 is 0 Å². The molecule has 0 radical (unpaired) electrons. The molecule has 0 aromatic rings. The van der Waals surface area contributed by atoms with Gasteiger partial charge in [-0.3, -0.25) is 0 Å². The molecule has 0 aromatic carbocycles. The summed E-state index contributed by atoms with van der Waals surface area (Å²) in [6.45, 7) is 9.17. The lowest BCUT2D eigenvalue weighted by molar-refractivity contribution is 0.239. The standard InChI is InChI=1S/C12H27N3/c1-10(5-6-13)7-15-8-11(2)12(9-15)14(3)4/h10-12H,5-9,13H2,1-4H3. The zero-order chi connectivity index (χ0) is 11.4. The molecule has 1 saturated heterocycles. The van der Waals surface area contributed by atoms with Crippen molar-refractivity contribution < 1.29 is 0 Å². The first-order valence-corrected chi connectivity index (χ1v) is 6.13. The van der Waals surface area contributed by atoms with Gasteiger partial charge in [-0.1, -0.05) is 13.8 Å². The van der Waals surface area contributed by atoms with Crippen molar-refractivity contribution in [2.24, 2.45) is 17.6 Å². The highest BCUT2D eigenvalue weighted by Crippen LogP contribution is 2.21. The minimum absolute atomic E-state index is 0.732. The molecule has 0 bridgehead atoms. The van der Waals surface area contributed by atoms with Crippen molar-refractivity contribution in [2.45, 2.75) is 26.3 Å². The second kappa shape index (κ2) is 5.83. The summed E-state index contributed by atoms with van der Waals surface area (Å²) in [6.07, 6.45) is 1.15. The molecule has 15 heavy (non-hydrogen) atoms. The van der Waals surface area contributed by atoms with Crippen molar-refractivity contribution in [3.05, 3.63) is 0 Å². The van der Waals surface area contributed by atoms with E-state index in [4.69, 9.17) is 5.73 Å². The Morgan fingerprint density at radius 2 is 2.07 bits per heavy atom. The fraction of sp³-hybridized carbons (Fsp3) is 1.00. The largest absolute Gasteiger partial charge is 0.330 e. The van der Waals surface area contributed by atoms with Crippen molar-refractivity contribution in [2.75, 3.05) is 40.3 Å². The van der Waals surface area contributed by atoms with Crippen LogP contribution in [0.4, 0.5) is 0 Å². The highest BCUT2D eigenvalue weighted by molar-refractivity contribution is 4.86. The van der Waals surface area contributed by atoms with E-state index in [9.17, 15) is 0 Å². The van der Waals surface area contributed by atoms with E-state index in [2.05, 4.69) is 37.7 Å². The van der Waals surface area contributed by atoms with E-state index < -0.39 is 0 Å². The lowest BCUT2D eigenvalue weighted by Gasteiger charge is -2.23. The number of hydrogen-bond donors (Lipinski definition) is 1. The molecule has 1 aliphatic heterocycles. The molecule has 3 heteroatoms. The van der Waals surface area contributed by atoms with Gasteiger partial charge < -0.3 is 15.5 Å². The zero-order valence-electron chi connectivity index (χ0n) is 10.7. The summed E-state index contributed by atoms with van der Waals surface area (Å²) in [4.78, 5) is 4.95. The summed E-state index contributed by atoms with van der Waals surface area (Å²) in [5.74, 6) is 1.54. The van der Waals surface area contributed by atoms with Gasteiger partial charge in [-0.2, -0.15) is 0 Å². The van der Waals surface area contributed by atoms with Crippen LogP contribution >= 0.6 is 0 Å². The van der Waals surface area contributed by atoms with Crippen molar-refractivity contribution in [1.29, 1.82) is 0 Å². The van der Waals surface area contributed by atoms with Crippen LogP contribution in [0.25, 0.3) is 0 Å². The second-order valence-corrected chi connectivity index (χ2v) is 5.41. The Balaban J connectivity index is 2.34. The normalized spacial score (nSPS) is 30.0. The Morgan fingerprint density at radius 1 is 1.40 bits per heavy atom. The minimum atomic E-state index is 0.732.